The molecule has 0 bridgehead atoms. The predicted molar refractivity (Wildman–Crippen MR) is 73.7 cm³/mol. The number of nitrogens with two attached hydrogens (primary N) is 1. The van der Waals surface area contributed by atoms with Gasteiger partial charge in [-0.25, -0.2) is 0 Å². The van der Waals surface area contributed by atoms with Gasteiger partial charge < -0.3 is 15.4 Å². The van der Waals surface area contributed by atoms with E-state index < -0.39 is 0 Å². The highest BCUT2D eigenvalue weighted by Crippen LogP contribution is 2.51. The standard InChI is InChI=1S/C14H19N5O/c1-8-7-19(3)5-4-14(8)10(6-15)12(16)20-13-11(14)9(2)17-18-13/h8H,4-5,7,16H2,1-3H3,(H,17,18). The van der Waals surface area contributed by atoms with Crippen molar-refractivity contribution in [1.82, 2.24) is 15.1 Å². The second-order valence-corrected chi connectivity index (χ2v) is 5.87. The summed E-state index contributed by atoms with van der Waals surface area (Å²) in [6.07, 6.45) is 0.852. The molecule has 1 aromatic rings. The quantitative estimate of drug-likeness (QED) is 0.736. The number of fused-ring (bicyclic) bond motifs is 2. The van der Waals surface area contributed by atoms with E-state index >= 15 is 0 Å². The van der Waals surface area contributed by atoms with E-state index in [4.69, 9.17) is 10.5 Å². The fourth-order valence-corrected chi connectivity index (χ4v) is 3.73. The summed E-state index contributed by atoms with van der Waals surface area (Å²) in [5.41, 5.74) is 8.11. The Morgan fingerprint density at radius 3 is 3.00 bits per heavy atom. The summed E-state index contributed by atoms with van der Waals surface area (Å²) in [5.74, 6) is 0.992. The number of piperidine rings is 1. The zero-order chi connectivity index (χ0) is 14.5. The van der Waals surface area contributed by atoms with Gasteiger partial charge in [0.15, 0.2) is 0 Å². The first-order valence-corrected chi connectivity index (χ1v) is 6.83. The third-order valence-corrected chi connectivity index (χ3v) is 4.69. The number of nitriles is 1. The summed E-state index contributed by atoms with van der Waals surface area (Å²) in [6.45, 7) is 5.98. The molecule has 2 aliphatic rings. The lowest BCUT2D eigenvalue weighted by Crippen LogP contribution is -2.51. The molecule has 0 amide bonds. The molecule has 106 valence electrons. The van der Waals surface area contributed by atoms with E-state index in [0.717, 1.165) is 30.8 Å². The molecule has 3 heterocycles. The first kappa shape index (κ1) is 13.0. The van der Waals surface area contributed by atoms with E-state index in [9.17, 15) is 5.26 Å². The fraction of sp³-hybridized carbons (Fsp3) is 0.571. The third-order valence-electron chi connectivity index (χ3n) is 4.69. The number of rotatable bonds is 0. The van der Waals surface area contributed by atoms with E-state index in [1.807, 2.05) is 6.92 Å². The first-order valence-electron chi connectivity index (χ1n) is 6.83. The topological polar surface area (TPSA) is 91.0 Å². The van der Waals surface area contributed by atoms with Crippen molar-refractivity contribution >= 4 is 0 Å². The lowest BCUT2D eigenvalue weighted by Gasteiger charge is -2.47. The molecule has 1 aromatic heterocycles. The van der Waals surface area contributed by atoms with E-state index in [1.165, 1.54) is 0 Å². The summed E-state index contributed by atoms with van der Waals surface area (Å²) in [7, 11) is 2.10. The minimum absolute atomic E-state index is 0.197. The molecule has 2 atom stereocenters. The van der Waals surface area contributed by atoms with Gasteiger partial charge in [0.05, 0.1) is 0 Å². The molecule has 0 radical (unpaired) electrons. The number of nitrogens with one attached hydrogen (secondary N) is 1. The zero-order valence-electron chi connectivity index (χ0n) is 12.0. The lowest BCUT2D eigenvalue weighted by atomic mass is 9.61. The molecule has 3 N–H and O–H groups in total. The van der Waals surface area contributed by atoms with Crippen LogP contribution in [0.15, 0.2) is 11.5 Å². The Balaban J connectivity index is 2.25. The van der Waals surface area contributed by atoms with Crippen LogP contribution in [0.4, 0.5) is 0 Å². The number of nitrogens with zero attached hydrogens (tertiary/aromatic N) is 3. The Kier molecular flexibility index (Phi) is 2.76. The van der Waals surface area contributed by atoms with E-state index in [2.05, 4.69) is 35.1 Å². The summed E-state index contributed by atoms with van der Waals surface area (Å²) in [6, 6.07) is 2.29. The van der Waals surface area contributed by atoms with Crippen LogP contribution in [0.5, 0.6) is 5.88 Å². The fourth-order valence-electron chi connectivity index (χ4n) is 3.73. The summed E-state index contributed by atoms with van der Waals surface area (Å²) >= 11 is 0. The number of aromatic nitrogens is 2. The van der Waals surface area contributed by atoms with Crippen molar-refractivity contribution in [2.45, 2.75) is 25.7 Å². The Labute approximate surface area is 118 Å². The molecule has 0 aromatic carbocycles. The van der Waals surface area contributed by atoms with Crippen molar-refractivity contribution in [3.8, 4) is 11.9 Å². The second-order valence-electron chi connectivity index (χ2n) is 5.87. The third kappa shape index (κ3) is 1.50. The number of likely N-dealkylation sites (tertiary alicyclic amines) is 1. The van der Waals surface area contributed by atoms with E-state index in [0.29, 0.717) is 11.5 Å². The Morgan fingerprint density at radius 2 is 2.35 bits per heavy atom. The van der Waals surface area contributed by atoms with Crippen molar-refractivity contribution in [3.05, 3.63) is 22.7 Å². The van der Waals surface area contributed by atoms with E-state index in [1.54, 1.807) is 0 Å². The predicted octanol–water partition coefficient (Wildman–Crippen LogP) is 1.01. The average Bonchev–Trinajstić information content (AvgIpc) is 2.76. The summed E-state index contributed by atoms with van der Waals surface area (Å²) in [5, 5.41) is 16.8. The number of hydrogen-bond acceptors (Lipinski definition) is 5. The molecule has 6 heteroatoms. The number of H-pyrrole nitrogens is 1. The molecule has 1 spiro atoms. The Hall–Kier alpha value is -2.00. The van der Waals surface area contributed by atoms with Crippen LogP contribution >= 0.6 is 0 Å². The maximum atomic E-state index is 9.60. The molecular weight excluding hydrogens is 254 g/mol. The molecule has 0 aliphatic carbocycles. The number of hydrogen-bond donors (Lipinski definition) is 2. The molecule has 3 rings (SSSR count). The number of aryl methyl sites for hydroxylation is 1. The van der Waals surface area contributed by atoms with Gasteiger partial charge in [0, 0.05) is 23.2 Å². The van der Waals surface area contributed by atoms with Gasteiger partial charge in [0.2, 0.25) is 11.8 Å². The van der Waals surface area contributed by atoms with Crippen LogP contribution in [0, 0.1) is 24.2 Å². The van der Waals surface area contributed by atoms with Crippen LogP contribution in [-0.4, -0.2) is 35.2 Å². The molecule has 2 unspecified atom stereocenters. The van der Waals surface area contributed by atoms with Crippen molar-refractivity contribution < 1.29 is 4.74 Å². The highest BCUT2D eigenvalue weighted by molar-refractivity contribution is 5.55. The molecule has 2 aliphatic heterocycles. The molecular formula is C14H19N5O. The van der Waals surface area contributed by atoms with Crippen LogP contribution in [0.2, 0.25) is 0 Å². The van der Waals surface area contributed by atoms with Gasteiger partial charge in [-0.1, -0.05) is 6.92 Å². The monoisotopic (exact) mass is 273 g/mol. The van der Waals surface area contributed by atoms with Crippen molar-refractivity contribution in [1.29, 1.82) is 5.26 Å². The second kappa shape index (κ2) is 4.25. The highest BCUT2D eigenvalue weighted by atomic mass is 16.5. The van der Waals surface area contributed by atoms with Crippen molar-refractivity contribution in [2.75, 3.05) is 20.1 Å². The zero-order valence-corrected chi connectivity index (χ0v) is 12.0. The van der Waals surface area contributed by atoms with Gasteiger partial charge in [0.25, 0.3) is 0 Å². The van der Waals surface area contributed by atoms with Gasteiger partial charge in [-0.3, -0.25) is 5.10 Å². The number of aromatic amines is 1. The van der Waals surface area contributed by atoms with Gasteiger partial charge in [-0.15, -0.1) is 5.10 Å². The van der Waals surface area contributed by atoms with Gasteiger partial charge in [-0.2, -0.15) is 5.26 Å². The first-order chi connectivity index (χ1) is 9.50. The number of allylic oxidation sites excluding steroid dienone is 1. The minimum atomic E-state index is -0.379. The normalized spacial score (nSPS) is 30.0. The molecule has 1 saturated heterocycles. The number of ether oxygens (including phenoxy) is 1. The SMILES string of the molecule is Cc1[nH]nc2c1C1(CCN(C)CC1C)C(C#N)=C(N)O2. The Bertz CT molecular complexity index is 626. The lowest BCUT2D eigenvalue weighted by molar-refractivity contribution is 0.135. The highest BCUT2D eigenvalue weighted by Gasteiger charge is 2.52. The Morgan fingerprint density at radius 1 is 1.60 bits per heavy atom. The van der Waals surface area contributed by atoms with E-state index in [-0.39, 0.29) is 17.2 Å². The van der Waals surface area contributed by atoms with Gasteiger partial charge in [0.1, 0.15) is 11.6 Å². The van der Waals surface area contributed by atoms with Crippen LogP contribution in [-0.2, 0) is 5.41 Å². The molecule has 1 fully saturated rings. The average molecular weight is 273 g/mol. The largest absolute Gasteiger partial charge is 0.420 e. The van der Waals surface area contributed by atoms with Crippen molar-refractivity contribution in [2.24, 2.45) is 11.7 Å². The summed E-state index contributed by atoms with van der Waals surface area (Å²) in [4.78, 5) is 2.28. The van der Waals surface area contributed by atoms with Crippen molar-refractivity contribution in [3.63, 3.8) is 0 Å². The summed E-state index contributed by atoms with van der Waals surface area (Å²) < 4.78 is 5.54. The maximum Gasteiger partial charge on any atom is 0.244 e. The van der Waals surface area contributed by atoms with Crippen LogP contribution in [0.3, 0.4) is 0 Å². The smallest absolute Gasteiger partial charge is 0.244 e. The molecule has 20 heavy (non-hydrogen) atoms. The molecule has 6 nitrogen and oxygen atoms in total. The van der Waals surface area contributed by atoms with Gasteiger partial charge in [-0.05, 0) is 32.9 Å². The van der Waals surface area contributed by atoms with Crippen LogP contribution < -0.4 is 10.5 Å². The molecule has 0 saturated carbocycles. The van der Waals surface area contributed by atoms with Crippen LogP contribution in [0.25, 0.3) is 0 Å². The van der Waals surface area contributed by atoms with Crippen LogP contribution in [0.1, 0.15) is 24.6 Å². The maximum absolute atomic E-state index is 9.60. The van der Waals surface area contributed by atoms with Gasteiger partial charge >= 0.3 is 0 Å². The minimum Gasteiger partial charge on any atom is -0.420 e.